The van der Waals surface area contributed by atoms with Gasteiger partial charge in [-0.05, 0) is 11.5 Å². The second-order valence-electron chi connectivity index (χ2n) is 2.69. The van der Waals surface area contributed by atoms with Crippen molar-refractivity contribution in [3.8, 4) is 0 Å². The van der Waals surface area contributed by atoms with Gasteiger partial charge in [-0.15, -0.1) is 0 Å². The maximum atomic E-state index is 11.9. The Bertz CT molecular complexity index is 209. The van der Waals surface area contributed by atoms with Gasteiger partial charge < -0.3 is 0 Å². The topological polar surface area (TPSA) is 17.8 Å². The van der Waals surface area contributed by atoms with Gasteiger partial charge in [0.25, 0.3) is 0 Å². The van der Waals surface area contributed by atoms with Crippen LogP contribution in [0.3, 0.4) is 0 Å². The number of halogens is 2. The van der Waals surface area contributed by atoms with Gasteiger partial charge in [0.15, 0.2) is 0 Å². The Kier molecular flexibility index (Phi) is 5.26. The monoisotopic (exact) mass is 190 g/mol. The standard InChI is InChI=1S/C7H10F2N2.C2H6/c1-5(2)6-3-10-11(4-6)7(8)9;1-2/h3-5,7H,1-2H3;1-2H3. The summed E-state index contributed by atoms with van der Waals surface area (Å²) in [5, 5.41) is 3.50. The van der Waals surface area contributed by atoms with Gasteiger partial charge >= 0.3 is 6.55 Å². The summed E-state index contributed by atoms with van der Waals surface area (Å²) in [7, 11) is 0. The number of hydrogen-bond acceptors (Lipinski definition) is 1. The zero-order chi connectivity index (χ0) is 10.4. The first-order chi connectivity index (χ1) is 6.11. The number of rotatable bonds is 2. The van der Waals surface area contributed by atoms with Crippen molar-refractivity contribution in [2.45, 2.75) is 40.2 Å². The summed E-state index contributed by atoms with van der Waals surface area (Å²) in [6.07, 6.45) is 2.84. The lowest BCUT2D eigenvalue weighted by Gasteiger charge is -1.98. The summed E-state index contributed by atoms with van der Waals surface area (Å²) < 4.78 is 24.6. The molecule has 1 aromatic heterocycles. The van der Waals surface area contributed by atoms with Crippen molar-refractivity contribution in [1.29, 1.82) is 0 Å². The van der Waals surface area contributed by atoms with Crippen molar-refractivity contribution in [1.82, 2.24) is 9.78 Å². The Morgan fingerprint density at radius 3 is 2.08 bits per heavy atom. The molecule has 1 heterocycles. The molecule has 0 bridgehead atoms. The van der Waals surface area contributed by atoms with Crippen molar-refractivity contribution >= 4 is 0 Å². The van der Waals surface area contributed by atoms with Crippen LogP contribution in [0.15, 0.2) is 12.4 Å². The fraction of sp³-hybridized carbons (Fsp3) is 0.667. The number of aromatic nitrogens is 2. The van der Waals surface area contributed by atoms with E-state index in [1.807, 2.05) is 27.7 Å². The van der Waals surface area contributed by atoms with Gasteiger partial charge in [0.05, 0.1) is 6.20 Å². The van der Waals surface area contributed by atoms with Gasteiger partial charge in [-0.1, -0.05) is 27.7 Å². The molecular formula is C9H16F2N2. The molecule has 0 atom stereocenters. The highest BCUT2D eigenvalue weighted by Gasteiger charge is 2.08. The lowest BCUT2D eigenvalue weighted by atomic mass is 10.1. The second-order valence-corrected chi connectivity index (χ2v) is 2.69. The number of hydrogen-bond donors (Lipinski definition) is 0. The predicted molar refractivity (Wildman–Crippen MR) is 48.9 cm³/mol. The minimum atomic E-state index is -2.53. The molecule has 1 aromatic rings. The Hall–Kier alpha value is -0.930. The van der Waals surface area contributed by atoms with Crippen LogP contribution in [0, 0.1) is 0 Å². The molecule has 1 rings (SSSR count). The molecule has 0 radical (unpaired) electrons. The van der Waals surface area contributed by atoms with Crippen LogP contribution >= 0.6 is 0 Å². The molecule has 76 valence electrons. The van der Waals surface area contributed by atoms with E-state index in [1.54, 1.807) is 0 Å². The number of nitrogens with zero attached hydrogens (tertiary/aromatic N) is 2. The van der Waals surface area contributed by atoms with E-state index in [9.17, 15) is 8.78 Å². The van der Waals surface area contributed by atoms with Gasteiger partial charge in [0.2, 0.25) is 0 Å². The molecule has 13 heavy (non-hydrogen) atoms. The molecule has 0 spiro atoms. The van der Waals surface area contributed by atoms with Crippen LogP contribution in [0.25, 0.3) is 0 Å². The molecule has 0 amide bonds. The first-order valence-electron chi connectivity index (χ1n) is 4.43. The molecule has 0 fully saturated rings. The molecule has 2 nitrogen and oxygen atoms in total. The lowest BCUT2D eigenvalue weighted by molar-refractivity contribution is 0.0565. The van der Waals surface area contributed by atoms with Crippen LogP contribution < -0.4 is 0 Å². The Morgan fingerprint density at radius 2 is 1.85 bits per heavy atom. The van der Waals surface area contributed by atoms with E-state index in [4.69, 9.17) is 0 Å². The van der Waals surface area contributed by atoms with E-state index in [0.29, 0.717) is 4.68 Å². The zero-order valence-corrected chi connectivity index (χ0v) is 8.46. The van der Waals surface area contributed by atoms with Gasteiger partial charge in [-0.3, -0.25) is 0 Å². The first kappa shape index (κ1) is 12.1. The van der Waals surface area contributed by atoms with Crippen LogP contribution in [0.1, 0.15) is 45.7 Å². The average Bonchev–Trinajstić information content (AvgIpc) is 2.56. The van der Waals surface area contributed by atoms with Gasteiger partial charge in [-0.25, -0.2) is 4.68 Å². The van der Waals surface area contributed by atoms with Crippen molar-refractivity contribution in [2.75, 3.05) is 0 Å². The Morgan fingerprint density at radius 1 is 1.31 bits per heavy atom. The fourth-order valence-corrected chi connectivity index (χ4v) is 0.758. The summed E-state index contributed by atoms with van der Waals surface area (Å²) in [5.74, 6) is 0.252. The zero-order valence-electron chi connectivity index (χ0n) is 8.46. The third-order valence-corrected chi connectivity index (χ3v) is 1.49. The predicted octanol–water partition coefficient (Wildman–Crippen LogP) is 3.43. The smallest absolute Gasteiger partial charge is 0.211 e. The molecule has 0 unspecified atom stereocenters. The average molecular weight is 190 g/mol. The molecule has 0 saturated heterocycles. The highest BCUT2D eigenvalue weighted by molar-refractivity contribution is 5.08. The highest BCUT2D eigenvalue weighted by Crippen LogP contribution is 2.15. The molecule has 0 aliphatic carbocycles. The summed E-state index contributed by atoms with van der Waals surface area (Å²) in [4.78, 5) is 0. The van der Waals surface area contributed by atoms with E-state index >= 15 is 0 Å². The highest BCUT2D eigenvalue weighted by atomic mass is 19.3. The minimum absolute atomic E-state index is 0.252. The van der Waals surface area contributed by atoms with Gasteiger partial charge in [0, 0.05) is 6.20 Å². The summed E-state index contributed by atoms with van der Waals surface area (Å²) in [6, 6.07) is 0. The maximum Gasteiger partial charge on any atom is 0.333 e. The van der Waals surface area contributed by atoms with E-state index < -0.39 is 6.55 Å². The number of alkyl halides is 2. The van der Waals surface area contributed by atoms with Crippen LogP contribution in [-0.2, 0) is 0 Å². The van der Waals surface area contributed by atoms with Crippen LogP contribution in [-0.4, -0.2) is 9.78 Å². The molecule has 0 aliphatic heterocycles. The Balaban J connectivity index is 0.000000671. The van der Waals surface area contributed by atoms with Crippen LogP contribution in [0.2, 0.25) is 0 Å². The first-order valence-corrected chi connectivity index (χ1v) is 4.43. The fourth-order valence-electron chi connectivity index (χ4n) is 0.758. The summed E-state index contributed by atoms with van der Waals surface area (Å²) in [6.45, 7) is 5.35. The molecule has 4 heteroatoms. The lowest BCUT2D eigenvalue weighted by Crippen LogP contribution is -1.97. The summed E-state index contributed by atoms with van der Waals surface area (Å²) >= 11 is 0. The molecule has 0 aliphatic rings. The summed E-state index contributed by atoms with van der Waals surface area (Å²) in [5.41, 5.74) is 0.838. The SMILES string of the molecule is CC.CC(C)c1cnn(C(F)F)c1. The van der Waals surface area contributed by atoms with E-state index in [2.05, 4.69) is 5.10 Å². The largest absolute Gasteiger partial charge is 0.333 e. The quantitative estimate of drug-likeness (QED) is 0.698. The molecular weight excluding hydrogens is 174 g/mol. The van der Waals surface area contributed by atoms with Crippen LogP contribution in [0.4, 0.5) is 8.78 Å². The van der Waals surface area contributed by atoms with Crippen LogP contribution in [0.5, 0.6) is 0 Å². The minimum Gasteiger partial charge on any atom is -0.211 e. The molecule has 0 N–H and O–H groups in total. The third kappa shape index (κ3) is 3.53. The van der Waals surface area contributed by atoms with Crippen molar-refractivity contribution in [3.63, 3.8) is 0 Å². The van der Waals surface area contributed by atoms with Crippen molar-refractivity contribution in [3.05, 3.63) is 18.0 Å². The van der Waals surface area contributed by atoms with E-state index in [0.717, 1.165) is 5.56 Å². The van der Waals surface area contributed by atoms with Gasteiger partial charge in [-0.2, -0.15) is 13.9 Å². The van der Waals surface area contributed by atoms with Crippen molar-refractivity contribution < 1.29 is 8.78 Å². The van der Waals surface area contributed by atoms with E-state index in [-0.39, 0.29) is 5.92 Å². The third-order valence-electron chi connectivity index (χ3n) is 1.49. The molecule has 0 saturated carbocycles. The second kappa shape index (κ2) is 5.67. The Labute approximate surface area is 77.6 Å². The van der Waals surface area contributed by atoms with Crippen molar-refractivity contribution in [2.24, 2.45) is 0 Å². The van der Waals surface area contributed by atoms with E-state index in [1.165, 1.54) is 12.4 Å². The van der Waals surface area contributed by atoms with Gasteiger partial charge in [0.1, 0.15) is 0 Å². The normalized spacial score (nSPS) is 10.2. The maximum absolute atomic E-state index is 11.9. The molecule has 0 aromatic carbocycles.